The van der Waals surface area contributed by atoms with Crippen molar-refractivity contribution in [1.82, 2.24) is 5.32 Å². The van der Waals surface area contributed by atoms with Crippen molar-refractivity contribution in [3.63, 3.8) is 0 Å². The second kappa shape index (κ2) is 6.10. The average Bonchev–Trinajstić information content (AvgIpc) is 2.85. The average molecular weight is 296 g/mol. The minimum Gasteiger partial charge on any atom is -0.473 e. The summed E-state index contributed by atoms with van der Waals surface area (Å²) in [5, 5.41) is 2.82. The molecule has 0 fully saturated rings. The third kappa shape index (κ3) is 2.91. The van der Waals surface area contributed by atoms with E-state index in [0.717, 1.165) is 17.9 Å². The molecular formula is C18H20N2O2. The number of para-hydroxylation sites is 1. The molecule has 1 atom stereocenters. The fourth-order valence-electron chi connectivity index (χ4n) is 2.78. The van der Waals surface area contributed by atoms with E-state index in [9.17, 15) is 4.79 Å². The van der Waals surface area contributed by atoms with Crippen molar-refractivity contribution in [3.05, 3.63) is 59.7 Å². The van der Waals surface area contributed by atoms with Gasteiger partial charge in [-0.1, -0.05) is 35.9 Å². The molecule has 0 radical (unpaired) electrons. The number of ether oxygens (including phenoxy) is 1. The number of amides is 2. The largest absolute Gasteiger partial charge is 0.473 e. The van der Waals surface area contributed by atoms with Crippen LogP contribution in [-0.2, 0) is 6.42 Å². The first-order valence-corrected chi connectivity index (χ1v) is 7.49. The van der Waals surface area contributed by atoms with Gasteiger partial charge in [-0.3, -0.25) is 4.90 Å². The highest BCUT2D eigenvalue weighted by Crippen LogP contribution is 2.31. The van der Waals surface area contributed by atoms with Gasteiger partial charge in [0.2, 0.25) is 0 Å². The normalized spacial score (nSPS) is 16.3. The highest BCUT2D eigenvalue weighted by molar-refractivity contribution is 5.94. The van der Waals surface area contributed by atoms with Crippen molar-refractivity contribution < 1.29 is 9.53 Å². The van der Waals surface area contributed by atoms with E-state index in [-0.39, 0.29) is 18.8 Å². The molecule has 0 spiro atoms. The summed E-state index contributed by atoms with van der Waals surface area (Å²) in [6, 6.07) is 15.8. The molecule has 0 saturated carbocycles. The molecule has 0 aliphatic carbocycles. The first-order valence-electron chi connectivity index (χ1n) is 7.49. The molecule has 1 aliphatic rings. The summed E-state index contributed by atoms with van der Waals surface area (Å²) in [6.45, 7) is 4.24. The molecule has 0 saturated heterocycles. The Bertz CT molecular complexity index is 667. The van der Waals surface area contributed by atoms with E-state index in [1.807, 2.05) is 49.4 Å². The molecule has 114 valence electrons. The Balaban J connectivity index is 1.59. The van der Waals surface area contributed by atoms with Gasteiger partial charge in [-0.2, -0.15) is 0 Å². The molecule has 1 aliphatic heterocycles. The van der Waals surface area contributed by atoms with Crippen LogP contribution in [0.1, 0.15) is 18.1 Å². The van der Waals surface area contributed by atoms with Crippen molar-refractivity contribution in [2.24, 2.45) is 0 Å². The molecule has 22 heavy (non-hydrogen) atoms. The van der Waals surface area contributed by atoms with Crippen LogP contribution >= 0.6 is 0 Å². The molecule has 3 rings (SSSR count). The Morgan fingerprint density at radius 2 is 1.95 bits per heavy atom. The zero-order valence-electron chi connectivity index (χ0n) is 12.9. The summed E-state index contributed by atoms with van der Waals surface area (Å²) < 4.78 is 5.56. The highest BCUT2D eigenvalue weighted by Gasteiger charge is 2.30. The Morgan fingerprint density at radius 3 is 2.73 bits per heavy atom. The van der Waals surface area contributed by atoms with Crippen LogP contribution in [0, 0.1) is 6.92 Å². The highest BCUT2D eigenvalue weighted by atomic mass is 16.5. The number of aryl methyl sites for hydroxylation is 1. The summed E-state index contributed by atoms with van der Waals surface area (Å²) in [4.78, 5) is 14.2. The van der Waals surface area contributed by atoms with E-state index in [2.05, 4.69) is 18.3 Å². The van der Waals surface area contributed by atoms with Crippen molar-refractivity contribution in [3.8, 4) is 5.75 Å². The Kier molecular flexibility index (Phi) is 4.00. The predicted octanol–water partition coefficient (Wildman–Crippen LogP) is 3.49. The van der Waals surface area contributed by atoms with Crippen LogP contribution in [0.25, 0.3) is 0 Å². The quantitative estimate of drug-likeness (QED) is 0.881. The maximum Gasteiger partial charge on any atom is 0.324 e. The van der Waals surface area contributed by atoms with Crippen molar-refractivity contribution >= 4 is 11.7 Å². The number of nitrogens with one attached hydrogen (secondary N) is 1. The van der Waals surface area contributed by atoms with E-state index >= 15 is 0 Å². The van der Waals surface area contributed by atoms with Crippen LogP contribution in [0.5, 0.6) is 5.75 Å². The van der Waals surface area contributed by atoms with Crippen LogP contribution in [0.4, 0.5) is 10.5 Å². The molecule has 2 aromatic rings. The van der Waals surface area contributed by atoms with Crippen molar-refractivity contribution in [1.29, 1.82) is 0 Å². The lowest BCUT2D eigenvalue weighted by Gasteiger charge is -2.23. The number of carbonyl (C=O) groups is 1. The van der Waals surface area contributed by atoms with Crippen LogP contribution in [0.15, 0.2) is 48.5 Å². The van der Waals surface area contributed by atoms with E-state index < -0.39 is 0 Å². The monoisotopic (exact) mass is 296 g/mol. The van der Waals surface area contributed by atoms with E-state index in [0.29, 0.717) is 0 Å². The predicted molar refractivity (Wildman–Crippen MR) is 87.3 cm³/mol. The number of nitrogens with zero attached hydrogens (tertiary/aromatic N) is 1. The van der Waals surface area contributed by atoms with Crippen LogP contribution in [0.3, 0.4) is 0 Å². The molecule has 4 nitrogen and oxygen atoms in total. The lowest BCUT2D eigenvalue weighted by molar-refractivity contribution is 0.228. The number of anilines is 1. The first kappa shape index (κ1) is 14.4. The maximum atomic E-state index is 12.4. The van der Waals surface area contributed by atoms with Gasteiger partial charge in [0.05, 0.1) is 0 Å². The number of benzene rings is 2. The minimum atomic E-state index is -0.121. The molecule has 2 amide bonds. The lowest BCUT2D eigenvalue weighted by Crippen LogP contribution is -2.44. The molecule has 1 N–H and O–H groups in total. The third-order valence-electron chi connectivity index (χ3n) is 3.91. The topological polar surface area (TPSA) is 41.6 Å². The number of rotatable bonds is 3. The van der Waals surface area contributed by atoms with Crippen molar-refractivity contribution in [2.75, 3.05) is 11.6 Å². The molecule has 1 heterocycles. The smallest absolute Gasteiger partial charge is 0.324 e. The summed E-state index contributed by atoms with van der Waals surface area (Å²) in [7, 11) is 0. The summed E-state index contributed by atoms with van der Waals surface area (Å²) >= 11 is 0. The van der Waals surface area contributed by atoms with E-state index in [4.69, 9.17) is 4.74 Å². The van der Waals surface area contributed by atoms with Crippen LogP contribution in [-0.4, -0.2) is 18.8 Å². The van der Waals surface area contributed by atoms with Crippen LogP contribution < -0.4 is 15.0 Å². The standard InChI is InChI=1S/C18H20N2O2/c1-13-7-9-16(10-8-13)22-12-19-18(21)20-14(2)11-15-5-3-4-6-17(15)20/h3-10,14H,11-12H2,1-2H3,(H,19,21). The van der Waals surface area contributed by atoms with E-state index in [1.54, 1.807) is 4.90 Å². The first-order chi connectivity index (χ1) is 10.6. The van der Waals surface area contributed by atoms with Crippen LogP contribution in [0.2, 0.25) is 0 Å². The number of carbonyl (C=O) groups excluding carboxylic acids is 1. The summed E-state index contributed by atoms with van der Waals surface area (Å²) in [6.07, 6.45) is 0.891. The maximum absolute atomic E-state index is 12.4. The summed E-state index contributed by atoms with van der Waals surface area (Å²) in [5.74, 6) is 0.751. The molecule has 2 aromatic carbocycles. The Morgan fingerprint density at radius 1 is 1.23 bits per heavy atom. The van der Waals surface area contributed by atoms with Gasteiger partial charge in [-0.25, -0.2) is 4.79 Å². The molecule has 4 heteroatoms. The number of hydrogen-bond donors (Lipinski definition) is 1. The van der Waals surface area contributed by atoms with Gasteiger partial charge in [0.1, 0.15) is 5.75 Å². The fourth-order valence-corrected chi connectivity index (χ4v) is 2.78. The SMILES string of the molecule is Cc1ccc(OCNC(=O)N2c3ccccc3CC2C)cc1. The Hall–Kier alpha value is -2.49. The number of urea groups is 1. The zero-order valence-corrected chi connectivity index (χ0v) is 12.9. The number of hydrogen-bond acceptors (Lipinski definition) is 2. The van der Waals surface area contributed by atoms with Gasteiger partial charge < -0.3 is 10.1 Å². The zero-order chi connectivity index (χ0) is 15.5. The summed E-state index contributed by atoms with van der Waals surface area (Å²) in [5.41, 5.74) is 3.38. The van der Waals surface area contributed by atoms with Gasteiger partial charge in [-0.05, 0) is 44.0 Å². The molecule has 1 unspecified atom stereocenters. The second-order valence-corrected chi connectivity index (χ2v) is 5.64. The minimum absolute atomic E-state index is 0.121. The van der Waals surface area contributed by atoms with Gasteiger partial charge >= 0.3 is 6.03 Å². The van der Waals surface area contributed by atoms with Gasteiger partial charge in [0, 0.05) is 11.7 Å². The lowest BCUT2D eigenvalue weighted by atomic mass is 10.1. The van der Waals surface area contributed by atoms with E-state index in [1.165, 1.54) is 11.1 Å². The molecule has 0 aromatic heterocycles. The third-order valence-corrected chi connectivity index (χ3v) is 3.91. The van der Waals surface area contributed by atoms with Crippen molar-refractivity contribution in [2.45, 2.75) is 26.3 Å². The Labute approximate surface area is 130 Å². The molecular weight excluding hydrogens is 276 g/mol. The number of fused-ring (bicyclic) bond motifs is 1. The molecule has 0 bridgehead atoms. The van der Waals surface area contributed by atoms with Gasteiger partial charge in [0.25, 0.3) is 0 Å². The second-order valence-electron chi connectivity index (χ2n) is 5.64. The van der Waals surface area contributed by atoms with Gasteiger partial charge in [0.15, 0.2) is 6.73 Å². The van der Waals surface area contributed by atoms with Gasteiger partial charge in [-0.15, -0.1) is 0 Å². The fraction of sp³-hybridized carbons (Fsp3) is 0.278.